The fourth-order valence-electron chi connectivity index (χ4n) is 3.79. The number of benzene rings is 1. The number of nitrogens with two attached hydrogens (primary N) is 1. The number of hydrogen-bond donors (Lipinski definition) is 2. The second-order valence-corrected chi connectivity index (χ2v) is 7.87. The van der Waals surface area contributed by atoms with Gasteiger partial charge in [-0.05, 0) is 36.2 Å². The fraction of sp³-hybridized carbons (Fsp3) is 0.304. The van der Waals surface area contributed by atoms with Gasteiger partial charge in [0.25, 0.3) is 12.0 Å². The first-order valence-electron chi connectivity index (χ1n) is 10.7. The Morgan fingerprint density at radius 1 is 1.18 bits per heavy atom. The van der Waals surface area contributed by atoms with Crippen molar-refractivity contribution in [3.8, 4) is 16.9 Å². The number of aryl methyl sites for hydroxylation is 1. The number of hydrogen-bond acceptors (Lipinski definition) is 6. The van der Waals surface area contributed by atoms with Crippen LogP contribution in [0.15, 0.2) is 53.0 Å². The summed E-state index contributed by atoms with van der Waals surface area (Å²) in [6, 6.07) is 9.03. The van der Waals surface area contributed by atoms with E-state index in [0.717, 1.165) is 11.1 Å². The van der Waals surface area contributed by atoms with E-state index in [1.165, 1.54) is 4.57 Å². The minimum absolute atomic E-state index is 0.0398. The molecular formula is C23H24F2N6O3. The Morgan fingerprint density at radius 3 is 2.50 bits per heavy atom. The Balaban J connectivity index is 1.59. The van der Waals surface area contributed by atoms with Crippen LogP contribution < -0.4 is 11.4 Å². The van der Waals surface area contributed by atoms with E-state index in [2.05, 4.69) is 15.2 Å². The monoisotopic (exact) mass is 470 g/mol. The van der Waals surface area contributed by atoms with E-state index in [1.807, 2.05) is 18.2 Å². The highest BCUT2D eigenvalue weighted by atomic mass is 19.3. The minimum Gasteiger partial charge on any atom is -0.378 e. The van der Waals surface area contributed by atoms with E-state index < -0.39 is 11.8 Å². The summed E-state index contributed by atoms with van der Waals surface area (Å²) in [5, 5.41) is 6.15. The van der Waals surface area contributed by atoms with Gasteiger partial charge in [0.2, 0.25) is 0 Å². The molecule has 9 nitrogen and oxygen atoms in total. The normalized spacial score (nSPS) is 13.7. The third-order valence-electron chi connectivity index (χ3n) is 5.65. The first kappa shape index (κ1) is 23.5. The molecule has 0 bridgehead atoms. The number of aromatic nitrogens is 4. The summed E-state index contributed by atoms with van der Waals surface area (Å²) in [4.78, 5) is 31.2. The van der Waals surface area contributed by atoms with Gasteiger partial charge in [0, 0.05) is 49.0 Å². The lowest BCUT2D eigenvalue weighted by Gasteiger charge is -2.26. The molecule has 11 heteroatoms. The zero-order valence-electron chi connectivity index (χ0n) is 18.6. The number of nitrogens with zero attached hydrogens (tertiary/aromatic N) is 4. The maximum atomic E-state index is 13.1. The third kappa shape index (κ3) is 4.80. The Bertz CT molecular complexity index is 1270. The number of amides is 1. The summed E-state index contributed by atoms with van der Waals surface area (Å²) in [6.07, 6.45) is -0.584. The van der Waals surface area contributed by atoms with Gasteiger partial charge < -0.3 is 15.4 Å². The van der Waals surface area contributed by atoms with Gasteiger partial charge in [-0.2, -0.15) is 13.9 Å². The number of pyridine rings is 1. The van der Waals surface area contributed by atoms with Crippen molar-refractivity contribution in [2.75, 3.05) is 32.8 Å². The van der Waals surface area contributed by atoms with Crippen LogP contribution in [0.25, 0.3) is 16.9 Å². The molecule has 0 atom stereocenters. The second kappa shape index (κ2) is 10.1. The fourth-order valence-corrected chi connectivity index (χ4v) is 3.79. The topological polar surface area (TPSA) is 119 Å². The van der Waals surface area contributed by atoms with Crippen LogP contribution in [0.4, 0.5) is 8.78 Å². The molecule has 34 heavy (non-hydrogen) atoms. The molecular weight excluding hydrogens is 446 g/mol. The van der Waals surface area contributed by atoms with Crippen molar-refractivity contribution in [3.05, 3.63) is 75.6 Å². The molecule has 1 aliphatic rings. The largest absolute Gasteiger partial charge is 0.378 e. The quantitative estimate of drug-likeness (QED) is 0.569. The number of halogens is 2. The molecule has 2 aromatic heterocycles. The lowest BCUT2D eigenvalue weighted by molar-refractivity contribution is 0.0303. The number of H-pyrrole nitrogens is 1. The number of nitrogens with one attached hydrogen (secondary N) is 1. The van der Waals surface area contributed by atoms with Gasteiger partial charge in [0.05, 0.1) is 13.2 Å². The predicted molar refractivity (Wildman–Crippen MR) is 121 cm³/mol. The van der Waals surface area contributed by atoms with Crippen molar-refractivity contribution in [1.29, 1.82) is 0 Å². The summed E-state index contributed by atoms with van der Waals surface area (Å²) in [7, 11) is 0. The van der Waals surface area contributed by atoms with Crippen molar-refractivity contribution in [3.63, 3.8) is 0 Å². The Hall–Kier alpha value is -3.70. The number of morpholine rings is 1. The average Bonchev–Trinajstić information content (AvgIpc) is 3.22. The van der Waals surface area contributed by atoms with E-state index >= 15 is 0 Å². The summed E-state index contributed by atoms with van der Waals surface area (Å²) < 4.78 is 32.6. The molecule has 1 aliphatic heterocycles. The highest BCUT2D eigenvalue weighted by Gasteiger charge is 2.19. The van der Waals surface area contributed by atoms with Crippen LogP contribution in [0.3, 0.4) is 0 Å². The van der Waals surface area contributed by atoms with Crippen molar-refractivity contribution in [2.45, 2.75) is 13.3 Å². The van der Waals surface area contributed by atoms with E-state index in [-0.39, 0.29) is 36.1 Å². The van der Waals surface area contributed by atoms with Crippen LogP contribution in [-0.2, 0) is 11.2 Å². The van der Waals surface area contributed by atoms with E-state index in [1.54, 1.807) is 30.2 Å². The highest BCUT2D eigenvalue weighted by molar-refractivity contribution is 5.94. The van der Waals surface area contributed by atoms with Crippen molar-refractivity contribution >= 4 is 5.91 Å². The van der Waals surface area contributed by atoms with Crippen LogP contribution in [0.5, 0.6) is 0 Å². The van der Waals surface area contributed by atoms with Crippen molar-refractivity contribution in [1.82, 2.24) is 24.6 Å². The third-order valence-corrected chi connectivity index (χ3v) is 5.65. The maximum Gasteiger partial charge on any atom is 0.349 e. The second-order valence-electron chi connectivity index (χ2n) is 7.87. The molecule has 178 valence electrons. The maximum absolute atomic E-state index is 13.1. The number of carbonyl (C=O) groups is 1. The van der Waals surface area contributed by atoms with Crippen LogP contribution in [0.1, 0.15) is 21.7 Å². The van der Waals surface area contributed by atoms with Gasteiger partial charge in [-0.3, -0.25) is 4.79 Å². The van der Waals surface area contributed by atoms with E-state index in [4.69, 9.17) is 10.5 Å². The van der Waals surface area contributed by atoms with Crippen LogP contribution >= 0.6 is 0 Å². The zero-order valence-corrected chi connectivity index (χ0v) is 18.6. The first-order valence-corrected chi connectivity index (χ1v) is 10.7. The highest BCUT2D eigenvalue weighted by Crippen LogP contribution is 2.24. The number of aromatic amines is 1. The molecule has 4 rings (SSSR count). The number of carbonyl (C=O) groups excluding carboxylic acids is 1. The molecule has 1 amide bonds. The molecule has 3 N–H and O–H groups in total. The number of rotatable bonds is 6. The van der Waals surface area contributed by atoms with Gasteiger partial charge in [0.1, 0.15) is 11.6 Å². The van der Waals surface area contributed by atoms with Crippen molar-refractivity contribution < 1.29 is 18.3 Å². The molecule has 0 aliphatic carbocycles. The Labute approximate surface area is 193 Å². The molecule has 0 saturated carbocycles. The van der Waals surface area contributed by atoms with Gasteiger partial charge in [-0.1, -0.05) is 12.1 Å². The molecule has 1 fully saturated rings. The van der Waals surface area contributed by atoms with Gasteiger partial charge in [-0.25, -0.2) is 19.4 Å². The molecule has 3 aromatic rings. The average molecular weight is 470 g/mol. The van der Waals surface area contributed by atoms with Crippen LogP contribution in [0, 0.1) is 6.92 Å². The predicted octanol–water partition coefficient (Wildman–Crippen LogP) is 2.06. The molecule has 1 saturated heterocycles. The summed E-state index contributed by atoms with van der Waals surface area (Å²) >= 11 is 0. The molecule has 0 unspecified atom stereocenters. The van der Waals surface area contributed by atoms with Gasteiger partial charge in [0.15, 0.2) is 0 Å². The van der Waals surface area contributed by atoms with Gasteiger partial charge >= 0.3 is 5.69 Å². The first-order chi connectivity index (χ1) is 16.4. The lowest BCUT2D eigenvalue weighted by atomic mass is 10.0. The number of ether oxygens (including phenoxy) is 1. The minimum atomic E-state index is -1.89. The zero-order chi connectivity index (χ0) is 24.2. The molecule has 0 spiro atoms. The Kier molecular flexibility index (Phi) is 6.94. The summed E-state index contributed by atoms with van der Waals surface area (Å²) in [5.74, 6) is 0.335. The van der Waals surface area contributed by atoms with E-state index in [9.17, 15) is 18.4 Å². The molecule has 3 heterocycles. The van der Waals surface area contributed by atoms with Crippen LogP contribution in [0.2, 0.25) is 0 Å². The standard InChI is InChI=1S/C23H24F2N6O3/c1-14-10-18(15-2-4-16(5-3-15)22(32)30-6-8-34-9-7-30)13-27-21(14)31-19(28-29-23(31)33)11-17(12-26)20(24)25/h2-5,10,13H,6-9,11-12,26H2,1H3,(H,29,33). The SMILES string of the molecule is Cc1cc(-c2ccc(C(=O)N3CCOCC3)cc2)cnc1-n1c(CC(CN)=C(F)F)n[nH]c1=O. The van der Waals surface area contributed by atoms with Crippen molar-refractivity contribution in [2.24, 2.45) is 5.73 Å². The smallest absolute Gasteiger partial charge is 0.349 e. The molecule has 0 radical (unpaired) electrons. The van der Waals surface area contributed by atoms with E-state index in [0.29, 0.717) is 37.4 Å². The van der Waals surface area contributed by atoms with Crippen LogP contribution in [-0.4, -0.2) is 63.4 Å². The molecule has 1 aromatic carbocycles. The summed E-state index contributed by atoms with van der Waals surface area (Å²) in [5.41, 5.74) is 7.36. The summed E-state index contributed by atoms with van der Waals surface area (Å²) in [6.45, 7) is 3.63. The van der Waals surface area contributed by atoms with Gasteiger partial charge in [-0.15, -0.1) is 0 Å². The lowest BCUT2D eigenvalue weighted by Crippen LogP contribution is -2.40. The Morgan fingerprint density at radius 2 is 1.88 bits per heavy atom.